The maximum atomic E-state index is 3.31. The minimum absolute atomic E-state index is 0.677. The molecule has 2 heteroatoms. The third kappa shape index (κ3) is 2.56. The fraction of sp³-hybridized carbons (Fsp3) is 0.571. The Morgan fingerprint density at radius 1 is 1.25 bits per heavy atom. The van der Waals surface area contributed by atoms with E-state index in [1.54, 1.807) is 0 Å². The molecule has 1 saturated heterocycles. The van der Waals surface area contributed by atoms with Crippen molar-refractivity contribution in [1.29, 1.82) is 0 Å². The Morgan fingerprint density at radius 2 is 1.88 bits per heavy atom. The van der Waals surface area contributed by atoms with E-state index < -0.39 is 0 Å². The summed E-state index contributed by atoms with van der Waals surface area (Å²) < 4.78 is 0. The van der Waals surface area contributed by atoms with Gasteiger partial charge in [0.1, 0.15) is 0 Å². The largest absolute Gasteiger partial charge is 0.369 e. The van der Waals surface area contributed by atoms with Gasteiger partial charge in [-0.15, -0.1) is 0 Å². The van der Waals surface area contributed by atoms with E-state index in [1.165, 1.54) is 17.7 Å². The van der Waals surface area contributed by atoms with E-state index in [4.69, 9.17) is 0 Å². The van der Waals surface area contributed by atoms with Crippen LogP contribution in [-0.4, -0.2) is 26.2 Å². The van der Waals surface area contributed by atoms with Gasteiger partial charge in [0.25, 0.3) is 0 Å². The standard InChI is InChI=1S/C14H22N2/c1-11(2)8-12-4-6-13(7-5-12)16(3)14-9-15-10-14/h4-7,11,14-15H,8-10H2,1-3H3. The molecule has 1 aliphatic heterocycles. The number of nitrogens with zero attached hydrogens (tertiary/aromatic N) is 1. The van der Waals surface area contributed by atoms with E-state index in [9.17, 15) is 0 Å². The molecule has 0 amide bonds. The van der Waals surface area contributed by atoms with E-state index in [1.807, 2.05) is 0 Å². The molecule has 88 valence electrons. The molecule has 1 heterocycles. The molecule has 0 radical (unpaired) electrons. The van der Waals surface area contributed by atoms with Gasteiger partial charge in [0.2, 0.25) is 0 Å². The minimum atomic E-state index is 0.677. The first-order valence-corrected chi connectivity index (χ1v) is 6.19. The molecule has 2 nitrogen and oxygen atoms in total. The second-order valence-electron chi connectivity index (χ2n) is 5.19. The lowest BCUT2D eigenvalue weighted by Crippen LogP contribution is -2.56. The minimum Gasteiger partial charge on any atom is -0.369 e. The number of hydrogen-bond acceptors (Lipinski definition) is 2. The summed E-state index contributed by atoms with van der Waals surface area (Å²) in [7, 11) is 2.18. The second-order valence-corrected chi connectivity index (χ2v) is 5.19. The van der Waals surface area contributed by atoms with Crippen LogP contribution in [0.2, 0.25) is 0 Å². The zero-order valence-electron chi connectivity index (χ0n) is 10.5. The molecule has 2 rings (SSSR count). The Kier molecular flexibility index (Phi) is 3.49. The normalized spacial score (nSPS) is 16.2. The van der Waals surface area contributed by atoms with Gasteiger partial charge in [-0.25, -0.2) is 0 Å². The molecule has 0 saturated carbocycles. The van der Waals surface area contributed by atoms with Crippen LogP contribution in [0.5, 0.6) is 0 Å². The van der Waals surface area contributed by atoms with Gasteiger partial charge in [-0.3, -0.25) is 0 Å². The van der Waals surface area contributed by atoms with Crippen LogP contribution in [0.15, 0.2) is 24.3 Å². The van der Waals surface area contributed by atoms with Crippen molar-refractivity contribution >= 4 is 5.69 Å². The molecule has 0 unspecified atom stereocenters. The van der Waals surface area contributed by atoms with Crippen LogP contribution in [0.1, 0.15) is 19.4 Å². The molecule has 1 N–H and O–H groups in total. The molecule has 1 aromatic rings. The highest BCUT2D eigenvalue weighted by molar-refractivity contribution is 5.48. The van der Waals surface area contributed by atoms with Crippen molar-refractivity contribution in [3.63, 3.8) is 0 Å². The van der Waals surface area contributed by atoms with Crippen LogP contribution in [0.3, 0.4) is 0 Å². The Labute approximate surface area is 98.7 Å². The summed E-state index contributed by atoms with van der Waals surface area (Å²) in [5, 5.41) is 3.31. The predicted molar refractivity (Wildman–Crippen MR) is 70.0 cm³/mol. The quantitative estimate of drug-likeness (QED) is 0.834. The summed E-state index contributed by atoms with van der Waals surface area (Å²) in [6.07, 6.45) is 1.18. The number of anilines is 1. The molecular formula is C14H22N2. The summed E-state index contributed by atoms with van der Waals surface area (Å²) in [5.41, 5.74) is 2.78. The average Bonchev–Trinajstić information content (AvgIpc) is 2.15. The molecule has 1 aliphatic rings. The van der Waals surface area contributed by atoms with E-state index in [-0.39, 0.29) is 0 Å². The smallest absolute Gasteiger partial charge is 0.0535 e. The summed E-state index contributed by atoms with van der Waals surface area (Å²) >= 11 is 0. The van der Waals surface area contributed by atoms with Crippen LogP contribution in [0.4, 0.5) is 5.69 Å². The molecule has 1 fully saturated rings. The Balaban J connectivity index is 2.00. The fourth-order valence-corrected chi connectivity index (χ4v) is 2.10. The van der Waals surface area contributed by atoms with Crippen LogP contribution >= 0.6 is 0 Å². The van der Waals surface area contributed by atoms with Gasteiger partial charge in [0.15, 0.2) is 0 Å². The van der Waals surface area contributed by atoms with E-state index in [0.717, 1.165) is 19.0 Å². The van der Waals surface area contributed by atoms with E-state index in [0.29, 0.717) is 6.04 Å². The van der Waals surface area contributed by atoms with Gasteiger partial charge >= 0.3 is 0 Å². The SMILES string of the molecule is CC(C)Cc1ccc(N(C)C2CNC2)cc1. The van der Waals surface area contributed by atoms with Crippen LogP contribution < -0.4 is 10.2 Å². The highest BCUT2D eigenvalue weighted by Crippen LogP contribution is 2.19. The molecule has 1 aromatic carbocycles. The lowest BCUT2D eigenvalue weighted by molar-refractivity contribution is 0.429. The van der Waals surface area contributed by atoms with E-state index in [2.05, 4.69) is 55.4 Å². The van der Waals surface area contributed by atoms with Gasteiger partial charge in [0, 0.05) is 25.8 Å². The second kappa shape index (κ2) is 4.88. The third-order valence-electron chi connectivity index (χ3n) is 3.30. The van der Waals surface area contributed by atoms with Gasteiger partial charge in [-0.05, 0) is 30.0 Å². The zero-order valence-corrected chi connectivity index (χ0v) is 10.5. The Bertz CT molecular complexity index is 325. The van der Waals surface area contributed by atoms with E-state index >= 15 is 0 Å². The summed E-state index contributed by atoms with van der Waals surface area (Å²) in [5.74, 6) is 0.736. The molecule has 0 bridgehead atoms. The van der Waals surface area contributed by atoms with Crippen molar-refractivity contribution in [2.24, 2.45) is 5.92 Å². The summed E-state index contributed by atoms with van der Waals surface area (Å²) in [6.45, 7) is 6.76. The van der Waals surface area contributed by atoms with Gasteiger partial charge in [0.05, 0.1) is 6.04 Å². The lowest BCUT2D eigenvalue weighted by Gasteiger charge is -2.37. The molecule has 0 atom stereocenters. The molecule has 16 heavy (non-hydrogen) atoms. The van der Waals surface area contributed by atoms with Crippen LogP contribution in [0.25, 0.3) is 0 Å². The maximum absolute atomic E-state index is 3.31. The number of rotatable bonds is 4. The maximum Gasteiger partial charge on any atom is 0.0535 e. The predicted octanol–water partition coefficient (Wildman–Crippen LogP) is 2.29. The van der Waals surface area contributed by atoms with Crippen molar-refractivity contribution in [2.45, 2.75) is 26.3 Å². The zero-order chi connectivity index (χ0) is 11.5. The highest BCUT2D eigenvalue weighted by atomic mass is 15.2. The summed E-state index contributed by atoms with van der Waals surface area (Å²) in [4.78, 5) is 2.37. The van der Waals surface area contributed by atoms with Crippen molar-refractivity contribution in [1.82, 2.24) is 5.32 Å². The topological polar surface area (TPSA) is 15.3 Å². The third-order valence-corrected chi connectivity index (χ3v) is 3.30. The van der Waals surface area contributed by atoms with Crippen molar-refractivity contribution in [3.8, 4) is 0 Å². The number of benzene rings is 1. The number of nitrogens with one attached hydrogen (secondary N) is 1. The molecule has 0 aliphatic carbocycles. The Morgan fingerprint density at radius 3 is 2.31 bits per heavy atom. The number of hydrogen-bond donors (Lipinski definition) is 1. The first kappa shape index (κ1) is 11.5. The number of likely N-dealkylation sites (N-methyl/N-ethyl adjacent to an activating group) is 1. The van der Waals surface area contributed by atoms with Crippen molar-refractivity contribution in [3.05, 3.63) is 29.8 Å². The Hall–Kier alpha value is -1.02. The lowest BCUT2D eigenvalue weighted by atomic mass is 10.0. The van der Waals surface area contributed by atoms with Crippen LogP contribution in [0, 0.1) is 5.92 Å². The first-order valence-electron chi connectivity index (χ1n) is 6.19. The van der Waals surface area contributed by atoms with Crippen molar-refractivity contribution < 1.29 is 0 Å². The monoisotopic (exact) mass is 218 g/mol. The fourth-order valence-electron chi connectivity index (χ4n) is 2.10. The van der Waals surface area contributed by atoms with Gasteiger partial charge in [-0.2, -0.15) is 0 Å². The molecule has 0 spiro atoms. The van der Waals surface area contributed by atoms with Crippen LogP contribution in [-0.2, 0) is 6.42 Å². The summed E-state index contributed by atoms with van der Waals surface area (Å²) in [6, 6.07) is 9.69. The highest BCUT2D eigenvalue weighted by Gasteiger charge is 2.21. The average molecular weight is 218 g/mol. The molecule has 0 aromatic heterocycles. The molecular weight excluding hydrogens is 196 g/mol. The van der Waals surface area contributed by atoms with Gasteiger partial charge < -0.3 is 10.2 Å². The van der Waals surface area contributed by atoms with Crippen molar-refractivity contribution in [2.75, 3.05) is 25.0 Å². The first-order chi connectivity index (χ1) is 7.66. The van der Waals surface area contributed by atoms with Gasteiger partial charge in [-0.1, -0.05) is 26.0 Å².